The van der Waals surface area contributed by atoms with Crippen LogP contribution in [0.1, 0.15) is 5.56 Å². The smallest absolute Gasteiger partial charge is 0.325 e. The second kappa shape index (κ2) is 8.12. The van der Waals surface area contributed by atoms with Crippen molar-refractivity contribution in [2.45, 2.75) is 6.54 Å². The van der Waals surface area contributed by atoms with E-state index in [0.717, 1.165) is 15.8 Å². The molecule has 0 radical (unpaired) electrons. The molecule has 0 aliphatic rings. The van der Waals surface area contributed by atoms with Crippen LogP contribution < -0.4 is 4.80 Å². The Morgan fingerprint density at radius 1 is 1.19 bits per heavy atom. The van der Waals surface area contributed by atoms with Gasteiger partial charge in [-0.15, -0.1) is 0 Å². The summed E-state index contributed by atoms with van der Waals surface area (Å²) in [5.41, 5.74) is 1.56. The van der Waals surface area contributed by atoms with Crippen LogP contribution in [-0.4, -0.2) is 23.6 Å². The van der Waals surface area contributed by atoms with Crippen molar-refractivity contribution < 1.29 is 14.3 Å². The lowest BCUT2D eigenvalue weighted by molar-refractivity contribution is -0.141. The number of rotatable bonds is 4. The number of hydrogen-bond acceptors (Lipinski definition) is 4. The predicted molar refractivity (Wildman–Crippen MR) is 103 cm³/mol. The van der Waals surface area contributed by atoms with E-state index >= 15 is 0 Å². The Morgan fingerprint density at radius 3 is 2.69 bits per heavy atom. The van der Waals surface area contributed by atoms with Gasteiger partial charge in [-0.3, -0.25) is 9.59 Å². The largest absolute Gasteiger partial charge is 0.468 e. The number of ether oxygens (including phenoxy) is 1. The van der Waals surface area contributed by atoms with Crippen LogP contribution in [0.15, 0.2) is 59.6 Å². The molecule has 3 aromatic rings. The lowest BCUT2D eigenvalue weighted by Gasteiger charge is -2.02. The third-order valence-corrected chi connectivity index (χ3v) is 5.02. The molecule has 0 atom stereocenters. The van der Waals surface area contributed by atoms with Crippen molar-refractivity contribution in [2.75, 3.05) is 7.11 Å². The molecule has 1 amide bonds. The van der Waals surface area contributed by atoms with Crippen LogP contribution in [0, 0.1) is 0 Å². The first-order valence-electron chi connectivity index (χ1n) is 7.75. The van der Waals surface area contributed by atoms with E-state index < -0.39 is 11.9 Å². The van der Waals surface area contributed by atoms with Crippen molar-refractivity contribution in [3.05, 3.63) is 70.0 Å². The third kappa shape index (κ3) is 4.09. The highest BCUT2D eigenvalue weighted by atomic mass is 35.5. The van der Waals surface area contributed by atoms with Gasteiger partial charge in [-0.05, 0) is 29.8 Å². The Morgan fingerprint density at radius 2 is 1.92 bits per heavy atom. The van der Waals surface area contributed by atoms with Gasteiger partial charge in [0.1, 0.15) is 6.54 Å². The molecule has 3 rings (SSSR count). The van der Waals surface area contributed by atoms with Gasteiger partial charge in [0.05, 0.1) is 17.3 Å². The summed E-state index contributed by atoms with van der Waals surface area (Å²) in [6.45, 7) is -0.0130. The third-order valence-electron chi connectivity index (χ3n) is 3.62. The summed E-state index contributed by atoms with van der Waals surface area (Å²) in [6, 6.07) is 14.8. The van der Waals surface area contributed by atoms with Gasteiger partial charge < -0.3 is 9.30 Å². The average Bonchev–Trinajstić information content (AvgIpc) is 2.98. The van der Waals surface area contributed by atoms with Crippen LogP contribution >= 0.6 is 22.9 Å². The number of hydrogen-bond donors (Lipinski definition) is 0. The zero-order valence-electron chi connectivity index (χ0n) is 13.9. The number of carbonyl (C=O) groups is 2. The summed E-state index contributed by atoms with van der Waals surface area (Å²) in [7, 11) is 1.33. The first kappa shape index (κ1) is 18.1. The van der Waals surface area contributed by atoms with Gasteiger partial charge in [0.15, 0.2) is 4.80 Å². The van der Waals surface area contributed by atoms with E-state index in [1.807, 2.05) is 42.5 Å². The fraction of sp³-hybridized carbons (Fsp3) is 0.105. The summed E-state index contributed by atoms with van der Waals surface area (Å²) in [5.74, 6) is -0.843. The van der Waals surface area contributed by atoms with Gasteiger partial charge >= 0.3 is 5.97 Å². The molecule has 0 saturated heterocycles. The maximum Gasteiger partial charge on any atom is 0.325 e. The minimum atomic E-state index is -0.435. The van der Waals surface area contributed by atoms with Gasteiger partial charge in [0.2, 0.25) is 0 Å². The molecule has 7 heteroatoms. The lowest BCUT2D eigenvalue weighted by Crippen LogP contribution is -2.22. The Hall–Kier alpha value is -2.70. The molecular formula is C19H15ClN2O3S. The van der Waals surface area contributed by atoms with Crippen molar-refractivity contribution in [1.82, 2.24) is 4.57 Å². The van der Waals surface area contributed by atoms with Crippen LogP contribution in [0.4, 0.5) is 0 Å². The number of thiazole rings is 1. The van der Waals surface area contributed by atoms with Gasteiger partial charge in [-0.2, -0.15) is 4.99 Å². The molecule has 0 aliphatic carbocycles. The van der Waals surface area contributed by atoms with Crippen molar-refractivity contribution in [2.24, 2.45) is 4.99 Å². The maximum atomic E-state index is 12.3. The number of benzene rings is 2. The fourth-order valence-electron chi connectivity index (χ4n) is 2.36. The Bertz CT molecular complexity index is 1070. The number of esters is 1. The summed E-state index contributed by atoms with van der Waals surface area (Å²) >= 11 is 7.41. The first-order valence-corrected chi connectivity index (χ1v) is 8.94. The van der Waals surface area contributed by atoms with Crippen molar-refractivity contribution in [1.29, 1.82) is 0 Å². The molecule has 0 fully saturated rings. The second-order valence-corrected chi connectivity index (χ2v) is 6.74. The Labute approximate surface area is 158 Å². The zero-order valence-corrected chi connectivity index (χ0v) is 15.5. The topological polar surface area (TPSA) is 60.7 Å². The van der Waals surface area contributed by atoms with E-state index in [-0.39, 0.29) is 6.54 Å². The molecule has 0 saturated carbocycles. The van der Waals surface area contributed by atoms with Crippen LogP contribution in [-0.2, 0) is 20.9 Å². The molecule has 1 aromatic heterocycles. The van der Waals surface area contributed by atoms with Crippen LogP contribution in [0.25, 0.3) is 16.3 Å². The normalized spacial score (nSPS) is 12.0. The van der Waals surface area contributed by atoms with Crippen molar-refractivity contribution in [3.8, 4) is 0 Å². The number of fused-ring (bicyclic) bond motifs is 1. The maximum absolute atomic E-state index is 12.3. The highest BCUT2D eigenvalue weighted by molar-refractivity contribution is 7.16. The van der Waals surface area contributed by atoms with E-state index in [4.69, 9.17) is 16.3 Å². The van der Waals surface area contributed by atoms with Crippen LogP contribution in [0.2, 0.25) is 5.02 Å². The average molecular weight is 387 g/mol. The molecule has 26 heavy (non-hydrogen) atoms. The van der Waals surface area contributed by atoms with Crippen molar-refractivity contribution >= 4 is 51.1 Å². The summed E-state index contributed by atoms with van der Waals surface area (Å²) in [5, 5.41) is 0.555. The number of methoxy groups -OCH3 is 1. The minimum Gasteiger partial charge on any atom is -0.468 e. The standard InChI is InChI=1S/C19H15ClN2O3S/c1-25-18(24)12-22-15-8-4-5-9-16(15)26-19(22)21-17(23)11-10-13-6-2-3-7-14(13)20/h2-11H,12H2,1H3. The number of aromatic nitrogens is 1. The molecule has 132 valence electrons. The predicted octanol–water partition coefficient (Wildman–Crippen LogP) is 3.67. The summed E-state index contributed by atoms with van der Waals surface area (Å²) in [6.07, 6.45) is 2.97. The molecule has 1 heterocycles. The Kier molecular flexibility index (Phi) is 5.65. The lowest BCUT2D eigenvalue weighted by atomic mass is 10.2. The minimum absolute atomic E-state index is 0.0130. The Balaban J connectivity index is 1.98. The first-order chi connectivity index (χ1) is 12.6. The van der Waals surface area contributed by atoms with Gasteiger partial charge in [-0.1, -0.05) is 53.3 Å². The molecule has 0 spiro atoms. The number of nitrogens with zero attached hydrogens (tertiary/aromatic N) is 2. The highest BCUT2D eigenvalue weighted by Crippen LogP contribution is 2.17. The monoisotopic (exact) mass is 386 g/mol. The second-order valence-electron chi connectivity index (χ2n) is 5.32. The van der Waals surface area contributed by atoms with E-state index in [9.17, 15) is 9.59 Å². The van der Waals surface area contributed by atoms with E-state index in [1.165, 1.54) is 24.5 Å². The van der Waals surface area contributed by atoms with Gasteiger partial charge in [0.25, 0.3) is 5.91 Å². The number of carbonyl (C=O) groups excluding carboxylic acids is 2. The summed E-state index contributed by atoms with van der Waals surface area (Å²) in [4.78, 5) is 28.5. The SMILES string of the molecule is COC(=O)Cn1c(=NC(=O)C=Cc2ccccc2Cl)sc2ccccc21. The van der Waals surface area contributed by atoms with E-state index in [0.29, 0.717) is 9.82 Å². The quantitative estimate of drug-likeness (QED) is 0.507. The molecule has 0 bridgehead atoms. The molecule has 2 aromatic carbocycles. The van der Waals surface area contributed by atoms with Crippen molar-refractivity contribution in [3.63, 3.8) is 0 Å². The van der Waals surface area contributed by atoms with Crippen LogP contribution in [0.5, 0.6) is 0 Å². The number of amides is 1. The molecular weight excluding hydrogens is 372 g/mol. The molecule has 5 nitrogen and oxygen atoms in total. The highest BCUT2D eigenvalue weighted by Gasteiger charge is 2.10. The van der Waals surface area contributed by atoms with Crippen LogP contribution in [0.3, 0.4) is 0 Å². The number of halogens is 1. The van der Waals surface area contributed by atoms with E-state index in [1.54, 1.807) is 16.7 Å². The van der Waals surface area contributed by atoms with Gasteiger partial charge in [-0.25, -0.2) is 0 Å². The van der Waals surface area contributed by atoms with Gasteiger partial charge in [0, 0.05) is 11.1 Å². The number of para-hydroxylation sites is 1. The van der Waals surface area contributed by atoms with E-state index in [2.05, 4.69) is 4.99 Å². The molecule has 0 unspecified atom stereocenters. The molecule has 0 N–H and O–H groups in total. The molecule has 0 aliphatic heterocycles. The zero-order chi connectivity index (χ0) is 18.5. The summed E-state index contributed by atoms with van der Waals surface area (Å²) < 4.78 is 7.34. The fourth-order valence-corrected chi connectivity index (χ4v) is 3.59.